The molecule has 0 atom stereocenters. The fraction of sp³-hybridized carbons (Fsp3) is 0.0250. The van der Waals surface area contributed by atoms with E-state index in [0.29, 0.717) is 50.7 Å². The molecule has 0 aliphatic carbocycles. The standard InChI is InChI=1S/C40H26ClN3O2/c41-33-23-13-20-29(36(33)40(45)31-21-9-11-24-34(31)46-35-25-12-10-22-32(35)40)28-18-7-8-19-30(28)39-43-37(26-14-3-1-4-15-26)42-38(44-39)27-16-5-2-6-17-27/h1-25,45H. The lowest BCUT2D eigenvalue weighted by Gasteiger charge is -2.38. The molecule has 0 saturated heterocycles. The number of hydrogen-bond donors (Lipinski definition) is 1. The number of aromatic nitrogens is 3. The van der Waals surface area contributed by atoms with Gasteiger partial charge < -0.3 is 9.84 Å². The Balaban J connectivity index is 1.39. The first-order chi connectivity index (χ1) is 22.6. The molecule has 2 heterocycles. The molecule has 46 heavy (non-hydrogen) atoms. The number of hydrogen-bond acceptors (Lipinski definition) is 5. The molecule has 1 aliphatic heterocycles. The summed E-state index contributed by atoms with van der Waals surface area (Å²) < 4.78 is 6.25. The van der Waals surface area contributed by atoms with Gasteiger partial charge in [0.2, 0.25) is 0 Å². The summed E-state index contributed by atoms with van der Waals surface area (Å²) in [6, 6.07) is 48.5. The van der Waals surface area contributed by atoms with Gasteiger partial charge in [0.05, 0.1) is 0 Å². The Kier molecular flexibility index (Phi) is 6.90. The van der Waals surface area contributed by atoms with Crippen molar-refractivity contribution >= 4 is 11.6 Å². The average molecular weight is 616 g/mol. The zero-order valence-corrected chi connectivity index (χ0v) is 25.3. The number of benzene rings is 6. The molecular weight excluding hydrogens is 590 g/mol. The van der Waals surface area contributed by atoms with Gasteiger partial charge in [-0.25, -0.2) is 15.0 Å². The molecule has 0 amide bonds. The quantitative estimate of drug-likeness (QED) is 0.209. The Labute approximate surface area is 271 Å². The summed E-state index contributed by atoms with van der Waals surface area (Å²) in [5, 5.41) is 13.4. The van der Waals surface area contributed by atoms with Gasteiger partial charge in [0, 0.05) is 38.4 Å². The van der Waals surface area contributed by atoms with Crippen LogP contribution in [0.1, 0.15) is 16.7 Å². The Hall–Kier alpha value is -5.62. The molecule has 220 valence electrons. The summed E-state index contributed by atoms with van der Waals surface area (Å²) in [5.41, 5.74) is 4.27. The van der Waals surface area contributed by atoms with Crippen molar-refractivity contribution in [3.8, 4) is 56.8 Å². The van der Waals surface area contributed by atoms with Crippen LogP contribution >= 0.6 is 11.6 Å². The van der Waals surface area contributed by atoms with Crippen molar-refractivity contribution < 1.29 is 9.84 Å². The molecular formula is C40H26ClN3O2. The summed E-state index contributed by atoms with van der Waals surface area (Å²) in [6.45, 7) is 0. The smallest absolute Gasteiger partial charge is 0.164 e. The lowest BCUT2D eigenvalue weighted by atomic mass is 9.75. The number of nitrogens with zero attached hydrogens (tertiary/aromatic N) is 3. The normalized spacial score (nSPS) is 12.9. The third-order valence-corrected chi connectivity index (χ3v) is 8.62. The van der Waals surface area contributed by atoms with Crippen LogP contribution in [-0.4, -0.2) is 20.1 Å². The molecule has 1 aromatic heterocycles. The largest absolute Gasteiger partial charge is 0.457 e. The van der Waals surface area contributed by atoms with Gasteiger partial charge in [0.25, 0.3) is 0 Å². The van der Waals surface area contributed by atoms with Crippen molar-refractivity contribution in [1.82, 2.24) is 15.0 Å². The maximum absolute atomic E-state index is 13.0. The van der Waals surface area contributed by atoms with Crippen molar-refractivity contribution in [2.45, 2.75) is 5.60 Å². The first-order valence-electron chi connectivity index (χ1n) is 15.0. The minimum absolute atomic E-state index is 0.423. The van der Waals surface area contributed by atoms with Gasteiger partial charge in [-0.2, -0.15) is 0 Å². The maximum Gasteiger partial charge on any atom is 0.164 e. The van der Waals surface area contributed by atoms with Gasteiger partial charge in [-0.05, 0) is 29.3 Å². The minimum atomic E-state index is -1.62. The summed E-state index contributed by atoms with van der Waals surface area (Å²) >= 11 is 7.10. The van der Waals surface area contributed by atoms with Gasteiger partial charge in [0.15, 0.2) is 17.5 Å². The topological polar surface area (TPSA) is 68.1 Å². The molecule has 8 rings (SSSR count). The summed E-state index contributed by atoms with van der Waals surface area (Å²) in [6.07, 6.45) is 0. The van der Waals surface area contributed by atoms with Gasteiger partial charge in [-0.15, -0.1) is 0 Å². The molecule has 7 aromatic rings. The number of aliphatic hydroxyl groups is 1. The molecule has 0 saturated carbocycles. The van der Waals surface area contributed by atoms with Crippen molar-refractivity contribution in [1.29, 1.82) is 0 Å². The molecule has 1 N–H and O–H groups in total. The SMILES string of the molecule is OC1(c2c(Cl)cccc2-c2ccccc2-c2nc(-c3ccccc3)nc(-c3ccccc3)n2)c2ccccc2Oc2ccccc21. The van der Waals surface area contributed by atoms with Crippen molar-refractivity contribution in [3.05, 3.63) is 173 Å². The summed E-state index contributed by atoms with van der Waals surface area (Å²) in [7, 11) is 0. The van der Waals surface area contributed by atoms with Crippen molar-refractivity contribution in [2.24, 2.45) is 0 Å². The first kappa shape index (κ1) is 27.9. The van der Waals surface area contributed by atoms with E-state index in [0.717, 1.165) is 27.8 Å². The van der Waals surface area contributed by atoms with E-state index in [2.05, 4.69) is 0 Å². The predicted molar refractivity (Wildman–Crippen MR) is 182 cm³/mol. The minimum Gasteiger partial charge on any atom is -0.457 e. The number of ether oxygens (including phenoxy) is 1. The predicted octanol–water partition coefficient (Wildman–Crippen LogP) is 9.58. The average Bonchev–Trinajstić information content (AvgIpc) is 3.12. The van der Waals surface area contributed by atoms with Crippen LogP contribution in [0.25, 0.3) is 45.3 Å². The maximum atomic E-state index is 13.0. The Morgan fingerprint density at radius 3 is 1.50 bits per heavy atom. The van der Waals surface area contributed by atoms with Crippen LogP contribution in [0.3, 0.4) is 0 Å². The van der Waals surface area contributed by atoms with Gasteiger partial charge in [-0.3, -0.25) is 0 Å². The third-order valence-electron chi connectivity index (χ3n) is 8.31. The molecule has 0 radical (unpaired) electrons. The molecule has 0 bridgehead atoms. The first-order valence-corrected chi connectivity index (χ1v) is 15.3. The summed E-state index contributed by atoms with van der Waals surface area (Å²) in [5.74, 6) is 2.78. The Morgan fingerprint density at radius 2 is 0.913 bits per heavy atom. The zero-order chi connectivity index (χ0) is 31.1. The Bertz CT molecular complexity index is 2120. The van der Waals surface area contributed by atoms with E-state index < -0.39 is 5.60 Å². The van der Waals surface area contributed by atoms with E-state index in [4.69, 9.17) is 31.3 Å². The van der Waals surface area contributed by atoms with Crippen LogP contribution in [0.2, 0.25) is 5.02 Å². The highest BCUT2D eigenvalue weighted by Gasteiger charge is 2.45. The lowest BCUT2D eigenvalue weighted by molar-refractivity contribution is 0.113. The summed E-state index contributed by atoms with van der Waals surface area (Å²) in [4.78, 5) is 14.9. The molecule has 6 aromatic carbocycles. The zero-order valence-electron chi connectivity index (χ0n) is 24.5. The van der Waals surface area contributed by atoms with Crippen LogP contribution in [0.15, 0.2) is 152 Å². The molecule has 0 unspecified atom stereocenters. The second-order valence-corrected chi connectivity index (χ2v) is 11.5. The molecule has 5 nitrogen and oxygen atoms in total. The van der Waals surface area contributed by atoms with E-state index in [1.165, 1.54) is 0 Å². The van der Waals surface area contributed by atoms with Crippen LogP contribution < -0.4 is 4.74 Å². The van der Waals surface area contributed by atoms with E-state index in [-0.39, 0.29) is 0 Å². The molecule has 1 aliphatic rings. The van der Waals surface area contributed by atoms with Crippen LogP contribution in [0, 0.1) is 0 Å². The van der Waals surface area contributed by atoms with E-state index in [9.17, 15) is 5.11 Å². The number of rotatable bonds is 5. The third kappa shape index (κ3) is 4.65. The van der Waals surface area contributed by atoms with Gasteiger partial charge in [-0.1, -0.05) is 145 Å². The van der Waals surface area contributed by atoms with Gasteiger partial charge in [0.1, 0.15) is 17.1 Å². The highest BCUT2D eigenvalue weighted by molar-refractivity contribution is 6.32. The van der Waals surface area contributed by atoms with Crippen LogP contribution in [0.5, 0.6) is 11.5 Å². The van der Waals surface area contributed by atoms with E-state index >= 15 is 0 Å². The van der Waals surface area contributed by atoms with E-state index in [1.807, 2.05) is 152 Å². The fourth-order valence-electron chi connectivity index (χ4n) is 6.20. The molecule has 6 heteroatoms. The number of fused-ring (bicyclic) bond motifs is 2. The van der Waals surface area contributed by atoms with Gasteiger partial charge >= 0.3 is 0 Å². The van der Waals surface area contributed by atoms with Crippen LogP contribution in [0.4, 0.5) is 0 Å². The second kappa shape index (κ2) is 11.4. The fourth-order valence-corrected chi connectivity index (χ4v) is 6.51. The Morgan fingerprint density at radius 1 is 0.457 bits per heavy atom. The highest BCUT2D eigenvalue weighted by Crippen LogP contribution is 2.54. The highest BCUT2D eigenvalue weighted by atomic mass is 35.5. The number of para-hydroxylation sites is 2. The molecule has 0 fully saturated rings. The molecule has 0 spiro atoms. The van der Waals surface area contributed by atoms with Crippen molar-refractivity contribution in [2.75, 3.05) is 0 Å². The monoisotopic (exact) mass is 615 g/mol. The lowest BCUT2D eigenvalue weighted by Crippen LogP contribution is -2.33. The van der Waals surface area contributed by atoms with Crippen molar-refractivity contribution in [3.63, 3.8) is 0 Å². The van der Waals surface area contributed by atoms with Crippen LogP contribution in [-0.2, 0) is 5.60 Å². The second-order valence-electron chi connectivity index (χ2n) is 11.1. The number of halogens is 1. The van der Waals surface area contributed by atoms with E-state index in [1.54, 1.807) is 0 Å².